The van der Waals surface area contributed by atoms with Crippen LogP contribution < -0.4 is 0 Å². The van der Waals surface area contributed by atoms with Crippen molar-refractivity contribution in [3.8, 4) is 0 Å². The summed E-state index contributed by atoms with van der Waals surface area (Å²) in [7, 11) is 0. The second kappa shape index (κ2) is 9.53. The zero-order chi connectivity index (χ0) is 23.0. The minimum Gasteiger partial charge on any atom is -0.393 e. The molecule has 3 N–H and O–H groups in total. The van der Waals surface area contributed by atoms with Crippen molar-refractivity contribution in [1.29, 1.82) is 0 Å². The molecule has 7 unspecified atom stereocenters. The Morgan fingerprint density at radius 3 is 2.58 bits per heavy atom. The maximum Gasteiger partial charge on any atom is 0.0811 e. The van der Waals surface area contributed by atoms with Crippen LogP contribution in [0.4, 0.5) is 0 Å². The van der Waals surface area contributed by atoms with Crippen LogP contribution in [0.2, 0.25) is 0 Å². The van der Waals surface area contributed by atoms with Gasteiger partial charge in [0.2, 0.25) is 0 Å². The van der Waals surface area contributed by atoms with Gasteiger partial charge in [0.1, 0.15) is 0 Å². The minimum atomic E-state index is -0.622. The predicted molar refractivity (Wildman–Crippen MR) is 129 cm³/mol. The zero-order valence-electron chi connectivity index (χ0n) is 20.5. The number of hydrogen-bond acceptors (Lipinski definition) is 3. The molecule has 0 aromatic heterocycles. The average Bonchev–Trinajstić information content (AvgIpc) is 3.01. The number of allylic oxidation sites excluding steroid dienone is 3. The van der Waals surface area contributed by atoms with E-state index in [-0.39, 0.29) is 0 Å². The topological polar surface area (TPSA) is 60.7 Å². The highest BCUT2D eigenvalue weighted by Gasteiger charge is 2.51. The highest BCUT2D eigenvalue weighted by atomic mass is 16.3. The van der Waals surface area contributed by atoms with Crippen LogP contribution in [-0.2, 0) is 0 Å². The van der Waals surface area contributed by atoms with E-state index in [1.165, 1.54) is 32.1 Å². The highest BCUT2D eigenvalue weighted by Crippen LogP contribution is 2.61. The lowest BCUT2D eigenvalue weighted by Gasteiger charge is -2.46. The SMILES string of the molecule is C=C1/C(=C\C=C2\C(C)CCC3(C)C2CCC3C(C)CCCC(C)(C)O)CC(O)CC1O. The lowest BCUT2D eigenvalue weighted by molar-refractivity contribution is 0.0573. The third-order valence-corrected chi connectivity index (χ3v) is 8.87. The molecule has 3 aliphatic rings. The van der Waals surface area contributed by atoms with Gasteiger partial charge in [0.25, 0.3) is 0 Å². The summed E-state index contributed by atoms with van der Waals surface area (Å²) < 4.78 is 0. The average molecular weight is 431 g/mol. The van der Waals surface area contributed by atoms with Crippen LogP contribution in [-0.4, -0.2) is 33.1 Å². The molecule has 7 atom stereocenters. The zero-order valence-corrected chi connectivity index (χ0v) is 20.5. The summed E-state index contributed by atoms with van der Waals surface area (Å²) in [4.78, 5) is 0. The van der Waals surface area contributed by atoms with Crippen molar-refractivity contribution in [2.45, 2.75) is 110 Å². The lowest BCUT2D eigenvalue weighted by Crippen LogP contribution is -2.38. The maximum atomic E-state index is 10.2. The summed E-state index contributed by atoms with van der Waals surface area (Å²) in [6.07, 6.45) is 12.6. The van der Waals surface area contributed by atoms with Crippen LogP contribution in [0.5, 0.6) is 0 Å². The Hall–Kier alpha value is -0.900. The van der Waals surface area contributed by atoms with Crippen molar-refractivity contribution >= 4 is 0 Å². The smallest absolute Gasteiger partial charge is 0.0811 e. The quantitative estimate of drug-likeness (QED) is 0.488. The first-order chi connectivity index (χ1) is 14.4. The van der Waals surface area contributed by atoms with Gasteiger partial charge in [-0.2, -0.15) is 0 Å². The van der Waals surface area contributed by atoms with Gasteiger partial charge in [0.15, 0.2) is 0 Å². The highest BCUT2D eigenvalue weighted by molar-refractivity contribution is 5.39. The fourth-order valence-corrected chi connectivity index (χ4v) is 6.94. The van der Waals surface area contributed by atoms with Crippen molar-refractivity contribution in [3.05, 3.63) is 35.5 Å². The molecule has 0 bridgehead atoms. The number of rotatable bonds is 6. The standard InChI is InChI=1S/C28H46O3/c1-18-13-15-28(6)24(19(2)8-7-14-27(4,5)31)11-12-25(28)23(18)10-9-21-16-22(29)17-26(30)20(21)3/h9-10,18-19,22,24-26,29-31H,3,7-8,11-17H2,1-2,4-6H3/b21-9-,23-10-. The second-order valence-electron chi connectivity index (χ2n) is 11.9. The number of aliphatic hydroxyl groups excluding tert-OH is 2. The Morgan fingerprint density at radius 1 is 1.19 bits per heavy atom. The van der Waals surface area contributed by atoms with Crippen molar-refractivity contribution in [1.82, 2.24) is 0 Å². The Balaban J connectivity index is 1.75. The molecule has 0 aromatic carbocycles. The molecule has 3 heteroatoms. The van der Waals surface area contributed by atoms with Crippen LogP contribution in [0.25, 0.3) is 0 Å². The normalized spacial score (nSPS) is 40.4. The van der Waals surface area contributed by atoms with Crippen LogP contribution in [0.15, 0.2) is 35.5 Å². The Kier molecular flexibility index (Phi) is 7.61. The number of aliphatic hydroxyl groups is 3. The molecule has 0 amide bonds. The molecule has 0 aromatic rings. The molecule has 0 aliphatic heterocycles. The van der Waals surface area contributed by atoms with E-state index in [9.17, 15) is 15.3 Å². The molecule has 176 valence electrons. The fourth-order valence-electron chi connectivity index (χ4n) is 6.94. The van der Waals surface area contributed by atoms with Crippen LogP contribution in [0, 0.1) is 29.1 Å². The van der Waals surface area contributed by atoms with Crippen LogP contribution in [0.1, 0.15) is 92.4 Å². The third kappa shape index (κ3) is 5.54. The van der Waals surface area contributed by atoms with Gasteiger partial charge in [-0.1, -0.05) is 57.9 Å². The number of fused-ring (bicyclic) bond motifs is 1. The van der Waals surface area contributed by atoms with Gasteiger partial charge in [0, 0.05) is 6.42 Å². The van der Waals surface area contributed by atoms with Gasteiger partial charge in [-0.25, -0.2) is 0 Å². The molecule has 3 aliphatic carbocycles. The molecule has 0 heterocycles. The minimum absolute atomic E-state index is 0.355. The molecular formula is C28H46O3. The van der Waals surface area contributed by atoms with Gasteiger partial charge in [0.05, 0.1) is 17.8 Å². The summed E-state index contributed by atoms with van der Waals surface area (Å²) >= 11 is 0. The molecule has 3 fully saturated rings. The van der Waals surface area contributed by atoms with Crippen LogP contribution >= 0.6 is 0 Å². The molecule has 0 saturated heterocycles. The molecule has 3 nitrogen and oxygen atoms in total. The Morgan fingerprint density at radius 2 is 1.90 bits per heavy atom. The van der Waals surface area contributed by atoms with E-state index in [1.807, 2.05) is 13.8 Å². The van der Waals surface area contributed by atoms with Crippen molar-refractivity contribution in [3.63, 3.8) is 0 Å². The van der Waals surface area contributed by atoms with Gasteiger partial charge >= 0.3 is 0 Å². The summed E-state index contributed by atoms with van der Waals surface area (Å²) in [5.74, 6) is 2.65. The molecule has 3 saturated carbocycles. The van der Waals surface area contributed by atoms with E-state index in [0.717, 1.165) is 29.9 Å². The lowest BCUT2D eigenvalue weighted by atomic mass is 9.58. The largest absolute Gasteiger partial charge is 0.393 e. The van der Waals surface area contributed by atoms with Gasteiger partial charge in [-0.05, 0) is 92.6 Å². The Bertz CT molecular complexity index is 712. The molecular weight excluding hydrogens is 384 g/mol. The van der Waals surface area contributed by atoms with Crippen molar-refractivity contribution in [2.75, 3.05) is 0 Å². The maximum absolute atomic E-state index is 10.2. The summed E-state index contributed by atoms with van der Waals surface area (Å²) in [6.45, 7) is 15.2. The van der Waals surface area contributed by atoms with E-state index < -0.39 is 17.8 Å². The van der Waals surface area contributed by atoms with Gasteiger partial charge in [-0.15, -0.1) is 0 Å². The van der Waals surface area contributed by atoms with Crippen molar-refractivity contribution in [2.24, 2.45) is 29.1 Å². The van der Waals surface area contributed by atoms with Crippen molar-refractivity contribution < 1.29 is 15.3 Å². The molecule has 0 radical (unpaired) electrons. The van der Waals surface area contributed by atoms with E-state index in [4.69, 9.17) is 0 Å². The van der Waals surface area contributed by atoms with Gasteiger partial charge < -0.3 is 15.3 Å². The first-order valence-electron chi connectivity index (χ1n) is 12.6. The number of hydrogen-bond donors (Lipinski definition) is 3. The first kappa shape index (κ1) is 24.7. The van der Waals surface area contributed by atoms with Crippen LogP contribution in [0.3, 0.4) is 0 Å². The van der Waals surface area contributed by atoms with E-state index in [0.29, 0.717) is 36.0 Å². The third-order valence-electron chi connectivity index (χ3n) is 8.87. The summed E-state index contributed by atoms with van der Waals surface area (Å²) in [5.41, 5.74) is 3.14. The predicted octanol–water partition coefficient (Wildman–Crippen LogP) is 5.95. The molecule has 3 rings (SSSR count). The second-order valence-corrected chi connectivity index (χ2v) is 11.9. The summed E-state index contributed by atoms with van der Waals surface area (Å²) in [5, 5.41) is 30.3. The monoisotopic (exact) mass is 430 g/mol. The van der Waals surface area contributed by atoms with E-state index >= 15 is 0 Å². The fraction of sp³-hybridized carbons (Fsp3) is 0.786. The summed E-state index contributed by atoms with van der Waals surface area (Å²) in [6, 6.07) is 0. The molecule has 31 heavy (non-hydrogen) atoms. The van der Waals surface area contributed by atoms with E-state index in [2.05, 4.69) is 39.5 Å². The Labute approximate surface area is 190 Å². The van der Waals surface area contributed by atoms with Gasteiger partial charge in [-0.3, -0.25) is 0 Å². The first-order valence-corrected chi connectivity index (χ1v) is 12.6. The van der Waals surface area contributed by atoms with E-state index in [1.54, 1.807) is 5.57 Å². The molecule has 0 spiro atoms.